The van der Waals surface area contributed by atoms with Crippen molar-refractivity contribution in [2.75, 3.05) is 7.05 Å². The first-order valence-electron chi connectivity index (χ1n) is 4.39. The molecule has 0 radical (unpaired) electrons. The van der Waals surface area contributed by atoms with E-state index in [0.717, 1.165) is 4.88 Å². The molecule has 1 aromatic heterocycles. The highest BCUT2D eigenvalue weighted by atomic mass is 32.1. The van der Waals surface area contributed by atoms with Crippen LogP contribution < -0.4 is 0 Å². The van der Waals surface area contributed by atoms with Crippen LogP contribution in [0.4, 0.5) is 0 Å². The Morgan fingerprint density at radius 1 is 1.79 bits per heavy atom. The van der Waals surface area contributed by atoms with E-state index in [1.807, 2.05) is 17.5 Å². The van der Waals surface area contributed by atoms with Crippen molar-refractivity contribution in [2.45, 2.75) is 19.4 Å². The number of carbonyl (C=O) groups is 1. The highest BCUT2D eigenvalue weighted by Gasteiger charge is 2.20. The molecule has 3 nitrogen and oxygen atoms in total. The Morgan fingerprint density at radius 2 is 2.50 bits per heavy atom. The van der Waals surface area contributed by atoms with E-state index in [1.165, 1.54) is 16.2 Å². The minimum Gasteiger partial charge on any atom is -0.325 e. The first-order chi connectivity index (χ1) is 6.70. The molecule has 1 atom stereocenters. The molecule has 0 aliphatic carbocycles. The number of carbonyl (C=O) groups excluding carboxylic acids is 1. The van der Waals surface area contributed by atoms with Gasteiger partial charge in [0.15, 0.2) is 6.04 Å². The standard InChI is InChI=1S/C10H12N2OS/c1-3-10(13)12(2)8(7-11)9-5-4-6-14-9/h4-6,8H,3H2,1-2H3. The molecule has 1 unspecified atom stereocenters. The van der Waals surface area contributed by atoms with Crippen LogP contribution in [0.5, 0.6) is 0 Å². The first kappa shape index (κ1) is 10.7. The number of rotatable bonds is 3. The number of amides is 1. The van der Waals surface area contributed by atoms with E-state index in [0.29, 0.717) is 6.42 Å². The number of hydrogen-bond acceptors (Lipinski definition) is 3. The Labute approximate surface area is 87.6 Å². The molecule has 0 N–H and O–H groups in total. The molecule has 0 fully saturated rings. The third-order valence-electron chi connectivity index (χ3n) is 2.02. The van der Waals surface area contributed by atoms with Crippen LogP contribution >= 0.6 is 11.3 Å². The van der Waals surface area contributed by atoms with E-state index in [4.69, 9.17) is 5.26 Å². The molecule has 0 aliphatic heterocycles. The van der Waals surface area contributed by atoms with Crippen LogP contribution in [-0.2, 0) is 4.79 Å². The van der Waals surface area contributed by atoms with E-state index in [1.54, 1.807) is 14.0 Å². The van der Waals surface area contributed by atoms with Crippen molar-refractivity contribution in [3.8, 4) is 6.07 Å². The fourth-order valence-electron chi connectivity index (χ4n) is 1.18. The SMILES string of the molecule is CCC(=O)N(C)C(C#N)c1cccs1. The Morgan fingerprint density at radius 3 is 2.93 bits per heavy atom. The molecule has 1 aromatic rings. The molecule has 1 rings (SSSR count). The summed E-state index contributed by atoms with van der Waals surface area (Å²) in [5.41, 5.74) is 0. The summed E-state index contributed by atoms with van der Waals surface area (Å²) >= 11 is 1.50. The lowest BCUT2D eigenvalue weighted by molar-refractivity contribution is -0.130. The van der Waals surface area contributed by atoms with Gasteiger partial charge in [0.05, 0.1) is 6.07 Å². The molecule has 0 saturated heterocycles. The topological polar surface area (TPSA) is 44.1 Å². The van der Waals surface area contributed by atoms with Crippen molar-refractivity contribution in [3.63, 3.8) is 0 Å². The summed E-state index contributed by atoms with van der Waals surface area (Å²) in [5.74, 6) is -0.00931. The summed E-state index contributed by atoms with van der Waals surface area (Å²) < 4.78 is 0. The molecule has 1 heterocycles. The van der Waals surface area contributed by atoms with Crippen LogP contribution in [0.1, 0.15) is 24.3 Å². The molecular formula is C10H12N2OS. The van der Waals surface area contributed by atoms with Gasteiger partial charge in [0.25, 0.3) is 0 Å². The summed E-state index contributed by atoms with van der Waals surface area (Å²) in [6, 6.07) is 5.45. The Bertz CT molecular complexity index is 340. The molecule has 0 aliphatic rings. The smallest absolute Gasteiger partial charge is 0.223 e. The Hall–Kier alpha value is -1.34. The Kier molecular flexibility index (Phi) is 3.66. The van der Waals surface area contributed by atoms with Gasteiger partial charge in [-0.1, -0.05) is 13.0 Å². The summed E-state index contributed by atoms with van der Waals surface area (Å²) in [6.45, 7) is 1.79. The molecule has 0 aromatic carbocycles. The van der Waals surface area contributed by atoms with Gasteiger partial charge in [-0.2, -0.15) is 5.26 Å². The number of nitrogens with zero attached hydrogens (tertiary/aromatic N) is 2. The lowest BCUT2D eigenvalue weighted by Gasteiger charge is -2.20. The first-order valence-corrected chi connectivity index (χ1v) is 5.27. The summed E-state index contributed by atoms with van der Waals surface area (Å²) in [6.07, 6.45) is 0.431. The van der Waals surface area contributed by atoms with Gasteiger partial charge in [0, 0.05) is 18.3 Å². The fraction of sp³-hybridized carbons (Fsp3) is 0.400. The van der Waals surface area contributed by atoms with Crippen molar-refractivity contribution in [1.29, 1.82) is 5.26 Å². The molecule has 0 saturated carbocycles. The van der Waals surface area contributed by atoms with E-state index < -0.39 is 6.04 Å². The van der Waals surface area contributed by atoms with E-state index in [9.17, 15) is 4.79 Å². The van der Waals surface area contributed by atoms with Gasteiger partial charge in [-0.05, 0) is 11.4 Å². The van der Waals surface area contributed by atoms with Gasteiger partial charge in [-0.3, -0.25) is 4.79 Å². The molecule has 1 amide bonds. The number of nitriles is 1. The van der Waals surface area contributed by atoms with Crippen LogP contribution in [0.3, 0.4) is 0 Å². The van der Waals surface area contributed by atoms with E-state index in [2.05, 4.69) is 6.07 Å². The second-order valence-corrected chi connectivity index (χ2v) is 3.88. The van der Waals surface area contributed by atoms with Gasteiger partial charge >= 0.3 is 0 Å². The third-order valence-corrected chi connectivity index (χ3v) is 2.94. The molecule has 74 valence electrons. The van der Waals surface area contributed by atoms with Crippen LogP contribution in [0.2, 0.25) is 0 Å². The van der Waals surface area contributed by atoms with Crippen molar-refractivity contribution in [2.24, 2.45) is 0 Å². The van der Waals surface area contributed by atoms with Gasteiger partial charge in [-0.25, -0.2) is 0 Å². The minimum absolute atomic E-state index is 0.00931. The predicted octanol–water partition coefficient (Wildman–Crippen LogP) is 2.18. The van der Waals surface area contributed by atoms with Crippen LogP contribution in [0.15, 0.2) is 17.5 Å². The molecular weight excluding hydrogens is 196 g/mol. The lowest BCUT2D eigenvalue weighted by atomic mass is 10.2. The van der Waals surface area contributed by atoms with Crippen LogP contribution in [0, 0.1) is 11.3 Å². The monoisotopic (exact) mass is 208 g/mol. The molecule has 4 heteroatoms. The molecule has 0 bridgehead atoms. The largest absolute Gasteiger partial charge is 0.325 e. The van der Waals surface area contributed by atoms with Gasteiger partial charge in [-0.15, -0.1) is 11.3 Å². The normalized spacial score (nSPS) is 11.8. The van der Waals surface area contributed by atoms with Gasteiger partial charge in [0.2, 0.25) is 5.91 Å². The fourth-order valence-corrected chi connectivity index (χ4v) is 1.99. The van der Waals surface area contributed by atoms with Crippen molar-refractivity contribution >= 4 is 17.2 Å². The van der Waals surface area contributed by atoms with Crippen molar-refractivity contribution in [3.05, 3.63) is 22.4 Å². The lowest BCUT2D eigenvalue weighted by Crippen LogP contribution is -2.29. The van der Waals surface area contributed by atoms with E-state index >= 15 is 0 Å². The highest BCUT2D eigenvalue weighted by Crippen LogP contribution is 2.23. The second-order valence-electron chi connectivity index (χ2n) is 2.91. The average molecular weight is 208 g/mol. The average Bonchev–Trinajstić information content (AvgIpc) is 2.71. The number of hydrogen-bond donors (Lipinski definition) is 0. The maximum Gasteiger partial charge on any atom is 0.223 e. The van der Waals surface area contributed by atoms with E-state index in [-0.39, 0.29) is 5.91 Å². The summed E-state index contributed by atoms with van der Waals surface area (Å²) in [5, 5.41) is 10.9. The highest BCUT2D eigenvalue weighted by molar-refractivity contribution is 7.10. The zero-order valence-electron chi connectivity index (χ0n) is 8.23. The molecule has 14 heavy (non-hydrogen) atoms. The van der Waals surface area contributed by atoms with Gasteiger partial charge < -0.3 is 4.90 Å². The van der Waals surface area contributed by atoms with Crippen molar-refractivity contribution < 1.29 is 4.79 Å². The third kappa shape index (κ3) is 2.12. The Balaban J connectivity index is 2.84. The second kappa shape index (κ2) is 4.77. The quantitative estimate of drug-likeness (QED) is 0.764. The summed E-state index contributed by atoms with van der Waals surface area (Å²) in [7, 11) is 1.67. The maximum absolute atomic E-state index is 11.4. The maximum atomic E-state index is 11.4. The van der Waals surface area contributed by atoms with Gasteiger partial charge in [0.1, 0.15) is 0 Å². The van der Waals surface area contributed by atoms with Crippen LogP contribution in [0.25, 0.3) is 0 Å². The minimum atomic E-state index is -0.442. The zero-order chi connectivity index (χ0) is 10.6. The summed E-state index contributed by atoms with van der Waals surface area (Å²) in [4.78, 5) is 13.8. The zero-order valence-corrected chi connectivity index (χ0v) is 9.04. The van der Waals surface area contributed by atoms with Crippen molar-refractivity contribution in [1.82, 2.24) is 4.90 Å². The predicted molar refractivity (Wildman–Crippen MR) is 55.7 cm³/mol. The number of thiophene rings is 1. The molecule has 0 spiro atoms. The van der Waals surface area contributed by atoms with Crippen LogP contribution in [-0.4, -0.2) is 17.9 Å².